The molecule has 0 aliphatic carbocycles. The monoisotopic (exact) mass is 521 g/mol. The highest BCUT2D eigenvalue weighted by molar-refractivity contribution is 7.99. The van der Waals surface area contributed by atoms with Gasteiger partial charge in [-0.15, -0.1) is 16.8 Å². The number of esters is 1. The summed E-state index contributed by atoms with van der Waals surface area (Å²) in [5.74, 6) is -0.946. The number of thiazole rings is 1. The number of carbonyl (C=O) groups excluding carboxylic acids is 2. The van der Waals surface area contributed by atoms with Crippen LogP contribution in [0.2, 0.25) is 0 Å². The van der Waals surface area contributed by atoms with E-state index in [9.17, 15) is 18.0 Å². The average molecular weight is 522 g/mol. The van der Waals surface area contributed by atoms with Gasteiger partial charge in [0.25, 0.3) is 0 Å². The van der Waals surface area contributed by atoms with Crippen molar-refractivity contribution in [2.75, 3.05) is 17.7 Å². The highest BCUT2D eigenvalue weighted by Gasteiger charge is 2.22. The summed E-state index contributed by atoms with van der Waals surface area (Å²) in [6, 6.07) is 8.10. The predicted molar refractivity (Wildman–Crippen MR) is 130 cm³/mol. The molecule has 0 bridgehead atoms. The highest BCUT2D eigenvalue weighted by Crippen LogP contribution is 2.25. The van der Waals surface area contributed by atoms with E-state index in [0.29, 0.717) is 15.7 Å². The Labute approximate surface area is 205 Å². The van der Waals surface area contributed by atoms with Crippen molar-refractivity contribution in [3.8, 4) is 0 Å². The number of aryl methyl sites for hydroxylation is 1. The number of allylic oxidation sites excluding steroid dienone is 1. The van der Waals surface area contributed by atoms with Gasteiger partial charge in [-0.1, -0.05) is 47.4 Å². The number of nitrogens with zero attached hydrogens (tertiary/aromatic N) is 4. The summed E-state index contributed by atoms with van der Waals surface area (Å²) < 4.78 is 32.1. The second kappa shape index (κ2) is 11.4. The molecule has 0 radical (unpaired) electrons. The summed E-state index contributed by atoms with van der Waals surface area (Å²) >= 11 is 2.14. The molecule has 2 heterocycles. The van der Waals surface area contributed by atoms with Crippen molar-refractivity contribution in [2.45, 2.75) is 36.2 Å². The van der Waals surface area contributed by atoms with E-state index in [1.807, 2.05) is 0 Å². The zero-order valence-corrected chi connectivity index (χ0v) is 21.0. The van der Waals surface area contributed by atoms with Gasteiger partial charge < -0.3 is 14.6 Å². The van der Waals surface area contributed by atoms with Crippen LogP contribution in [0.5, 0.6) is 0 Å². The van der Waals surface area contributed by atoms with E-state index >= 15 is 0 Å². The summed E-state index contributed by atoms with van der Waals surface area (Å²) in [6.07, 6.45) is 1.60. The van der Waals surface area contributed by atoms with Crippen LogP contribution in [0.15, 0.2) is 53.0 Å². The van der Waals surface area contributed by atoms with Crippen molar-refractivity contribution in [3.63, 3.8) is 0 Å². The van der Waals surface area contributed by atoms with Gasteiger partial charge in [0.2, 0.25) is 5.91 Å². The van der Waals surface area contributed by atoms with Gasteiger partial charge in [-0.3, -0.25) is 4.79 Å². The third-order valence-electron chi connectivity index (χ3n) is 4.36. The summed E-state index contributed by atoms with van der Waals surface area (Å²) in [5, 5.41) is 11.4. The molecule has 0 atom stereocenters. The normalized spacial score (nSPS) is 11.2. The molecule has 180 valence electrons. The van der Waals surface area contributed by atoms with Crippen molar-refractivity contribution in [3.05, 3.63) is 59.4 Å². The van der Waals surface area contributed by atoms with Crippen molar-refractivity contribution < 1.29 is 22.7 Å². The third kappa shape index (κ3) is 6.30. The maximum absolute atomic E-state index is 12.7. The van der Waals surface area contributed by atoms with Crippen molar-refractivity contribution in [1.82, 2.24) is 19.7 Å². The molecule has 3 rings (SSSR count). The number of thioether (sulfide) groups is 1. The molecule has 0 fully saturated rings. The predicted octanol–water partition coefficient (Wildman–Crippen LogP) is 3.11. The van der Waals surface area contributed by atoms with Crippen molar-refractivity contribution in [2.24, 2.45) is 0 Å². The first-order valence-corrected chi connectivity index (χ1v) is 13.6. The number of rotatable bonds is 11. The Bertz CT molecular complexity index is 1290. The smallest absolute Gasteiger partial charge is 0.350 e. The Morgan fingerprint density at radius 3 is 2.68 bits per heavy atom. The van der Waals surface area contributed by atoms with E-state index < -0.39 is 15.8 Å². The zero-order valence-electron chi connectivity index (χ0n) is 18.6. The van der Waals surface area contributed by atoms with Gasteiger partial charge in [0.15, 0.2) is 20.1 Å². The fourth-order valence-electron chi connectivity index (χ4n) is 2.85. The molecule has 10 nitrogen and oxygen atoms in total. The summed E-state index contributed by atoms with van der Waals surface area (Å²) in [4.78, 5) is 29.1. The first-order valence-electron chi connectivity index (χ1n) is 10.1. The van der Waals surface area contributed by atoms with Crippen LogP contribution in [0.1, 0.15) is 28.1 Å². The van der Waals surface area contributed by atoms with Gasteiger partial charge in [-0.2, -0.15) is 0 Å². The van der Waals surface area contributed by atoms with Crippen LogP contribution in [0.25, 0.3) is 0 Å². The van der Waals surface area contributed by atoms with E-state index in [1.165, 1.54) is 12.1 Å². The number of anilines is 1. The third-order valence-corrected chi connectivity index (χ3v) is 8.01. The summed E-state index contributed by atoms with van der Waals surface area (Å²) in [6.45, 7) is 7.60. The molecule has 0 aliphatic heterocycles. The van der Waals surface area contributed by atoms with Gasteiger partial charge in [-0.05, 0) is 26.0 Å². The summed E-state index contributed by atoms with van der Waals surface area (Å²) in [5.41, 5.74) is 0.474. The largest absolute Gasteiger partial charge is 0.462 e. The molecule has 34 heavy (non-hydrogen) atoms. The van der Waals surface area contributed by atoms with Crippen LogP contribution >= 0.6 is 23.1 Å². The number of sulfone groups is 1. The molecule has 1 N–H and O–H groups in total. The van der Waals surface area contributed by atoms with Crippen LogP contribution in [-0.2, 0) is 31.7 Å². The molecule has 0 spiro atoms. The van der Waals surface area contributed by atoms with Crippen LogP contribution in [-0.4, -0.2) is 52.4 Å². The lowest BCUT2D eigenvalue weighted by molar-refractivity contribution is -0.113. The maximum atomic E-state index is 12.7. The Balaban J connectivity index is 1.68. The molecule has 3 aromatic rings. The average Bonchev–Trinajstić information content (AvgIpc) is 3.35. The number of aromatic nitrogens is 4. The van der Waals surface area contributed by atoms with Crippen LogP contribution in [0, 0.1) is 6.92 Å². The van der Waals surface area contributed by atoms with E-state index in [0.717, 1.165) is 23.1 Å². The van der Waals surface area contributed by atoms with E-state index in [-0.39, 0.29) is 46.4 Å². The fourth-order valence-corrected chi connectivity index (χ4v) is 5.78. The van der Waals surface area contributed by atoms with Gasteiger partial charge in [0.05, 0.1) is 22.9 Å². The second-order valence-corrected chi connectivity index (χ2v) is 10.8. The second-order valence-electron chi connectivity index (χ2n) is 6.86. The first kappa shape index (κ1) is 25.6. The molecule has 2 aromatic heterocycles. The van der Waals surface area contributed by atoms with E-state index in [1.54, 1.807) is 42.7 Å². The molecule has 0 saturated carbocycles. The minimum Gasteiger partial charge on any atom is -0.462 e. The minimum atomic E-state index is -3.62. The van der Waals surface area contributed by atoms with Crippen molar-refractivity contribution >= 4 is 49.9 Å². The van der Waals surface area contributed by atoms with Gasteiger partial charge in [0.1, 0.15) is 16.5 Å². The quantitative estimate of drug-likeness (QED) is 0.229. The number of hydrogen-bond acceptors (Lipinski definition) is 10. The zero-order chi connectivity index (χ0) is 24.7. The Kier molecular flexibility index (Phi) is 8.58. The number of amides is 1. The Hall–Kier alpha value is -3.03. The first-order chi connectivity index (χ1) is 16.2. The molecular formula is C21H23N5O5S3. The molecule has 1 amide bonds. The molecule has 0 aliphatic rings. The lowest BCUT2D eigenvalue weighted by Gasteiger charge is -2.08. The molecular weight excluding hydrogens is 498 g/mol. The number of carbonyl (C=O) groups is 2. The molecule has 1 aromatic carbocycles. The molecule has 13 heteroatoms. The van der Waals surface area contributed by atoms with Crippen LogP contribution in [0.4, 0.5) is 5.13 Å². The maximum Gasteiger partial charge on any atom is 0.350 e. The topological polar surface area (TPSA) is 133 Å². The van der Waals surface area contributed by atoms with E-state index in [2.05, 4.69) is 27.1 Å². The minimum absolute atomic E-state index is 0.0198. The Morgan fingerprint density at radius 2 is 2.00 bits per heavy atom. The van der Waals surface area contributed by atoms with Gasteiger partial charge in [-0.25, -0.2) is 18.2 Å². The van der Waals surface area contributed by atoms with Gasteiger partial charge >= 0.3 is 5.97 Å². The number of benzene rings is 1. The van der Waals surface area contributed by atoms with Crippen molar-refractivity contribution in [1.29, 1.82) is 0 Å². The molecule has 0 saturated heterocycles. The van der Waals surface area contributed by atoms with Gasteiger partial charge in [0, 0.05) is 6.54 Å². The number of nitrogens with one attached hydrogen (secondary N) is 1. The standard InChI is InChI=1S/C21H23N5O5S3/c1-4-11-26-16(13-34(29,30)15-9-7-6-8-10-15)24-25-21(26)32-12-17(27)23-20-22-14(3)18(33-20)19(28)31-5-2/h4,6-10H,1,5,11-13H2,2-3H3,(H,22,23,27). The summed E-state index contributed by atoms with van der Waals surface area (Å²) in [7, 11) is -3.62. The van der Waals surface area contributed by atoms with Crippen LogP contribution < -0.4 is 5.32 Å². The number of ether oxygens (including phenoxy) is 1. The molecule has 0 unspecified atom stereocenters. The van der Waals surface area contributed by atoms with Crippen LogP contribution in [0.3, 0.4) is 0 Å². The van der Waals surface area contributed by atoms with E-state index in [4.69, 9.17) is 4.74 Å². The lowest BCUT2D eigenvalue weighted by atomic mass is 10.4. The lowest BCUT2D eigenvalue weighted by Crippen LogP contribution is -2.15. The highest BCUT2D eigenvalue weighted by atomic mass is 32.2. The SMILES string of the molecule is C=CCn1c(CS(=O)(=O)c2ccccc2)nnc1SCC(=O)Nc1nc(C)c(C(=O)OCC)s1. The number of hydrogen-bond donors (Lipinski definition) is 1. The Morgan fingerprint density at radius 1 is 1.26 bits per heavy atom. The fraction of sp³-hybridized carbons (Fsp3) is 0.286.